The molecule has 1 fully saturated rings. The highest BCUT2D eigenvalue weighted by Gasteiger charge is 2.29. The smallest absolute Gasteiger partial charge is 0.318 e. The van der Waals surface area contributed by atoms with Gasteiger partial charge < -0.3 is 25.4 Å². The van der Waals surface area contributed by atoms with Gasteiger partial charge in [0.15, 0.2) is 11.5 Å². The number of hydrogen-bond acceptors (Lipinski definition) is 4. The Morgan fingerprint density at radius 3 is 2.59 bits per heavy atom. The van der Waals surface area contributed by atoms with Crippen LogP contribution in [0.4, 0.5) is 4.79 Å². The number of carbonyl (C=O) groups excluding carboxylic acids is 2. The number of primary amides is 1. The van der Waals surface area contributed by atoms with E-state index in [9.17, 15) is 9.59 Å². The highest BCUT2D eigenvalue weighted by molar-refractivity contribution is 5.75. The second-order valence-electron chi connectivity index (χ2n) is 7.58. The topological polar surface area (TPSA) is 93.9 Å². The van der Waals surface area contributed by atoms with Gasteiger partial charge in [0.2, 0.25) is 5.91 Å². The summed E-state index contributed by atoms with van der Waals surface area (Å²) in [5, 5.41) is 3.12. The number of likely N-dealkylation sites (tertiary alicyclic amines) is 1. The van der Waals surface area contributed by atoms with Crippen molar-refractivity contribution in [2.45, 2.75) is 45.1 Å². The molecular weight excluding hydrogens is 346 g/mol. The van der Waals surface area contributed by atoms with Gasteiger partial charge in [-0.1, -0.05) is 6.07 Å². The summed E-state index contributed by atoms with van der Waals surface area (Å²) in [4.78, 5) is 25.7. The van der Waals surface area contributed by atoms with Crippen LogP contribution in [0.2, 0.25) is 0 Å². The van der Waals surface area contributed by atoms with Gasteiger partial charge in [0.25, 0.3) is 0 Å². The van der Waals surface area contributed by atoms with Gasteiger partial charge in [-0.25, -0.2) is 4.79 Å². The van der Waals surface area contributed by atoms with Crippen molar-refractivity contribution in [2.24, 2.45) is 11.7 Å². The van der Waals surface area contributed by atoms with Crippen molar-refractivity contribution >= 4 is 11.9 Å². The number of methoxy groups -OCH3 is 2. The van der Waals surface area contributed by atoms with E-state index < -0.39 is 5.54 Å². The first-order valence-corrected chi connectivity index (χ1v) is 9.34. The minimum atomic E-state index is -0.573. The highest BCUT2D eigenvalue weighted by Crippen LogP contribution is 2.32. The van der Waals surface area contributed by atoms with E-state index in [1.54, 1.807) is 14.2 Å². The van der Waals surface area contributed by atoms with Gasteiger partial charge in [-0.15, -0.1) is 0 Å². The molecule has 1 aliphatic rings. The highest BCUT2D eigenvalue weighted by atomic mass is 16.5. The molecule has 7 nitrogen and oxygen atoms in total. The fourth-order valence-corrected chi connectivity index (χ4v) is 3.48. The van der Waals surface area contributed by atoms with Crippen molar-refractivity contribution in [3.63, 3.8) is 0 Å². The van der Waals surface area contributed by atoms with Crippen molar-refractivity contribution in [3.8, 4) is 11.5 Å². The SMILES string of the molecule is COc1ccc(C(C)(C)NC(=O)N2CCC[C@H](CCC(N)=O)C2)cc1OC. The standard InChI is InChI=1S/C20H31N3O4/c1-20(2,15-8-9-16(26-3)17(12-15)27-4)22-19(25)23-11-5-6-14(13-23)7-10-18(21)24/h8-9,12,14H,5-7,10-11,13H2,1-4H3,(H2,21,24)(H,22,25)/t14-/m1/s1. The molecule has 0 spiro atoms. The molecule has 1 aromatic rings. The van der Waals surface area contributed by atoms with Gasteiger partial charge in [0, 0.05) is 19.5 Å². The van der Waals surface area contributed by atoms with E-state index in [1.165, 1.54) is 0 Å². The summed E-state index contributed by atoms with van der Waals surface area (Å²) >= 11 is 0. The zero-order chi connectivity index (χ0) is 20.0. The summed E-state index contributed by atoms with van der Waals surface area (Å²) in [7, 11) is 3.18. The Morgan fingerprint density at radius 2 is 1.96 bits per heavy atom. The van der Waals surface area contributed by atoms with Crippen LogP contribution in [0, 0.1) is 5.92 Å². The largest absolute Gasteiger partial charge is 0.493 e. The third-order valence-electron chi connectivity index (χ3n) is 5.13. The molecule has 1 atom stereocenters. The molecule has 0 unspecified atom stereocenters. The number of urea groups is 1. The average molecular weight is 377 g/mol. The lowest BCUT2D eigenvalue weighted by Gasteiger charge is -2.36. The van der Waals surface area contributed by atoms with Crippen molar-refractivity contribution in [1.82, 2.24) is 10.2 Å². The van der Waals surface area contributed by atoms with E-state index in [-0.39, 0.29) is 11.9 Å². The zero-order valence-electron chi connectivity index (χ0n) is 16.7. The van der Waals surface area contributed by atoms with Crippen molar-refractivity contribution in [3.05, 3.63) is 23.8 Å². The van der Waals surface area contributed by atoms with Gasteiger partial charge in [-0.05, 0) is 56.7 Å². The van der Waals surface area contributed by atoms with Crippen molar-refractivity contribution < 1.29 is 19.1 Å². The summed E-state index contributed by atoms with van der Waals surface area (Å²) in [6, 6.07) is 5.54. The molecule has 1 aliphatic heterocycles. The molecule has 0 aliphatic carbocycles. The summed E-state index contributed by atoms with van der Waals surface area (Å²) in [6.45, 7) is 5.30. The number of carbonyl (C=O) groups is 2. The van der Waals surface area contributed by atoms with Crippen LogP contribution in [0.5, 0.6) is 11.5 Å². The minimum Gasteiger partial charge on any atom is -0.493 e. The number of rotatable bonds is 7. The van der Waals surface area contributed by atoms with Crippen LogP contribution in [0.15, 0.2) is 18.2 Å². The second-order valence-corrected chi connectivity index (χ2v) is 7.58. The summed E-state index contributed by atoms with van der Waals surface area (Å²) < 4.78 is 10.6. The Morgan fingerprint density at radius 1 is 1.26 bits per heavy atom. The van der Waals surface area contributed by atoms with Gasteiger partial charge in [0.1, 0.15) is 0 Å². The van der Waals surface area contributed by atoms with Crippen LogP contribution in [0.1, 0.15) is 45.1 Å². The van der Waals surface area contributed by atoms with Crippen LogP contribution in [-0.2, 0) is 10.3 Å². The molecular formula is C20H31N3O4. The van der Waals surface area contributed by atoms with Gasteiger partial charge >= 0.3 is 6.03 Å². The zero-order valence-corrected chi connectivity index (χ0v) is 16.7. The normalized spacial score (nSPS) is 17.3. The summed E-state index contributed by atoms with van der Waals surface area (Å²) in [5.41, 5.74) is 5.60. The predicted octanol–water partition coefficient (Wildman–Crippen LogP) is 2.63. The first-order chi connectivity index (χ1) is 12.8. The maximum absolute atomic E-state index is 12.8. The Bertz CT molecular complexity index is 675. The molecule has 7 heteroatoms. The molecule has 150 valence electrons. The third-order valence-corrected chi connectivity index (χ3v) is 5.13. The fraction of sp³-hybridized carbons (Fsp3) is 0.600. The number of ether oxygens (including phenoxy) is 2. The quantitative estimate of drug-likeness (QED) is 0.764. The Hall–Kier alpha value is -2.44. The van der Waals surface area contributed by atoms with Crippen LogP contribution < -0.4 is 20.5 Å². The van der Waals surface area contributed by atoms with Gasteiger partial charge in [-0.3, -0.25) is 4.79 Å². The van der Waals surface area contributed by atoms with Gasteiger partial charge in [0.05, 0.1) is 19.8 Å². The minimum absolute atomic E-state index is 0.0986. The maximum atomic E-state index is 12.8. The van der Waals surface area contributed by atoms with E-state index in [0.717, 1.165) is 31.4 Å². The Labute approximate surface area is 161 Å². The number of nitrogens with two attached hydrogens (primary N) is 1. The van der Waals surface area contributed by atoms with E-state index >= 15 is 0 Å². The van der Waals surface area contributed by atoms with E-state index in [0.29, 0.717) is 30.4 Å². The molecule has 0 saturated carbocycles. The number of nitrogens with zero attached hydrogens (tertiary/aromatic N) is 1. The number of piperidine rings is 1. The second kappa shape index (κ2) is 8.97. The monoisotopic (exact) mass is 377 g/mol. The average Bonchev–Trinajstić information content (AvgIpc) is 2.65. The van der Waals surface area contributed by atoms with E-state index in [4.69, 9.17) is 15.2 Å². The number of amides is 3. The molecule has 0 bridgehead atoms. The molecule has 0 aromatic heterocycles. The maximum Gasteiger partial charge on any atom is 0.318 e. The lowest BCUT2D eigenvalue weighted by atomic mass is 9.92. The summed E-state index contributed by atoms with van der Waals surface area (Å²) in [6.07, 6.45) is 3.07. The first-order valence-electron chi connectivity index (χ1n) is 9.34. The van der Waals surface area contributed by atoms with Crippen LogP contribution in [0.25, 0.3) is 0 Å². The van der Waals surface area contributed by atoms with Crippen LogP contribution in [0.3, 0.4) is 0 Å². The van der Waals surface area contributed by atoms with E-state index in [2.05, 4.69) is 5.32 Å². The Kier molecular flexibility index (Phi) is 6.93. The van der Waals surface area contributed by atoms with Crippen LogP contribution >= 0.6 is 0 Å². The molecule has 1 saturated heterocycles. The van der Waals surface area contributed by atoms with Gasteiger partial charge in [-0.2, -0.15) is 0 Å². The lowest BCUT2D eigenvalue weighted by Crippen LogP contribution is -2.51. The molecule has 27 heavy (non-hydrogen) atoms. The molecule has 1 heterocycles. The van der Waals surface area contributed by atoms with Crippen LogP contribution in [-0.4, -0.2) is 44.1 Å². The molecule has 3 amide bonds. The Balaban J connectivity index is 2.03. The predicted molar refractivity (Wildman–Crippen MR) is 104 cm³/mol. The van der Waals surface area contributed by atoms with E-state index in [1.807, 2.05) is 36.9 Å². The summed E-state index contributed by atoms with van der Waals surface area (Å²) in [5.74, 6) is 1.31. The fourth-order valence-electron chi connectivity index (χ4n) is 3.48. The lowest BCUT2D eigenvalue weighted by molar-refractivity contribution is -0.118. The van der Waals surface area contributed by atoms with Crippen molar-refractivity contribution in [2.75, 3.05) is 27.3 Å². The molecule has 3 N–H and O–H groups in total. The molecule has 2 rings (SSSR count). The first kappa shape index (κ1) is 20.9. The van der Waals surface area contributed by atoms with Crippen molar-refractivity contribution in [1.29, 1.82) is 0 Å². The number of benzene rings is 1. The number of hydrogen-bond donors (Lipinski definition) is 2. The molecule has 1 aromatic carbocycles. The number of nitrogens with one attached hydrogen (secondary N) is 1. The molecule has 0 radical (unpaired) electrons. The third kappa shape index (κ3) is 5.52.